The molecular formula is C21H26N4O3. The Bertz CT molecular complexity index is 828. The van der Waals surface area contributed by atoms with Gasteiger partial charge in [0.05, 0.1) is 6.10 Å². The largest absolute Gasteiger partial charge is 0.491 e. The third kappa shape index (κ3) is 5.07. The Balaban J connectivity index is 1.66. The van der Waals surface area contributed by atoms with E-state index in [9.17, 15) is 9.59 Å². The first-order chi connectivity index (χ1) is 13.4. The number of ether oxygens (including phenoxy) is 1. The summed E-state index contributed by atoms with van der Waals surface area (Å²) in [5, 5.41) is 2.80. The van der Waals surface area contributed by atoms with E-state index >= 15 is 0 Å². The molecule has 1 N–H and O–H groups in total. The van der Waals surface area contributed by atoms with E-state index in [1.165, 1.54) is 6.20 Å². The number of anilines is 1. The molecule has 7 heteroatoms. The third-order valence-corrected chi connectivity index (χ3v) is 4.51. The quantitative estimate of drug-likeness (QED) is 0.860. The van der Waals surface area contributed by atoms with Crippen LogP contribution >= 0.6 is 0 Å². The lowest BCUT2D eigenvalue weighted by Crippen LogP contribution is -2.47. The molecule has 1 aliphatic rings. The number of benzene rings is 1. The summed E-state index contributed by atoms with van der Waals surface area (Å²) in [5.74, 6) is 0.316. The zero-order valence-electron chi connectivity index (χ0n) is 16.5. The Morgan fingerprint density at radius 3 is 2.39 bits per heavy atom. The van der Waals surface area contributed by atoms with E-state index in [1.807, 2.05) is 25.8 Å². The second-order valence-electron chi connectivity index (χ2n) is 7.17. The highest BCUT2D eigenvalue weighted by Crippen LogP contribution is 2.18. The van der Waals surface area contributed by atoms with Gasteiger partial charge in [-0.3, -0.25) is 14.6 Å². The summed E-state index contributed by atoms with van der Waals surface area (Å²) in [5.41, 5.74) is 1.33. The average Bonchev–Trinajstić information content (AvgIpc) is 2.69. The fourth-order valence-corrected chi connectivity index (χ4v) is 2.96. The first-order valence-corrected chi connectivity index (χ1v) is 9.44. The number of rotatable bonds is 5. The van der Waals surface area contributed by atoms with Gasteiger partial charge in [-0.2, -0.15) is 0 Å². The van der Waals surface area contributed by atoms with Crippen molar-refractivity contribution >= 4 is 17.5 Å². The van der Waals surface area contributed by atoms with E-state index in [2.05, 4.69) is 15.2 Å². The molecule has 2 aromatic rings. The van der Waals surface area contributed by atoms with Crippen LogP contribution in [0.15, 0.2) is 42.6 Å². The fourth-order valence-electron chi connectivity index (χ4n) is 2.96. The zero-order chi connectivity index (χ0) is 20.1. The number of pyridine rings is 1. The lowest BCUT2D eigenvalue weighted by Gasteiger charge is -2.32. The van der Waals surface area contributed by atoms with Gasteiger partial charge in [-0.15, -0.1) is 0 Å². The lowest BCUT2D eigenvalue weighted by atomic mass is 10.1. The third-order valence-electron chi connectivity index (χ3n) is 4.51. The van der Waals surface area contributed by atoms with Crippen molar-refractivity contribution in [3.05, 3.63) is 53.9 Å². The maximum absolute atomic E-state index is 12.7. The van der Waals surface area contributed by atoms with Gasteiger partial charge in [-0.05, 0) is 57.3 Å². The van der Waals surface area contributed by atoms with Gasteiger partial charge in [-0.1, -0.05) is 0 Å². The van der Waals surface area contributed by atoms with Crippen molar-refractivity contribution in [3.63, 3.8) is 0 Å². The minimum Gasteiger partial charge on any atom is -0.491 e. The Hall–Kier alpha value is -2.93. The van der Waals surface area contributed by atoms with Crippen LogP contribution in [0, 0.1) is 0 Å². The predicted octanol–water partition coefficient (Wildman–Crippen LogP) is 2.51. The molecule has 0 atom stereocenters. The van der Waals surface area contributed by atoms with Crippen LogP contribution in [0.1, 0.15) is 34.7 Å². The highest BCUT2D eigenvalue weighted by molar-refractivity contribution is 6.04. The molecule has 1 fully saturated rings. The molecule has 0 spiro atoms. The van der Waals surface area contributed by atoms with Crippen LogP contribution in [0.25, 0.3) is 0 Å². The maximum atomic E-state index is 12.7. The van der Waals surface area contributed by atoms with Gasteiger partial charge >= 0.3 is 0 Å². The molecule has 0 saturated carbocycles. The van der Waals surface area contributed by atoms with Gasteiger partial charge < -0.3 is 19.9 Å². The Labute approximate surface area is 165 Å². The van der Waals surface area contributed by atoms with Gasteiger partial charge in [0.25, 0.3) is 11.8 Å². The highest BCUT2D eigenvalue weighted by atomic mass is 16.5. The van der Waals surface area contributed by atoms with Crippen LogP contribution in [0.2, 0.25) is 0 Å². The number of aromatic nitrogens is 1. The van der Waals surface area contributed by atoms with E-state index in [0.717, 1.165) is 18.8 Å². The molecule has 1 aromatic carbocycles. The van der Waals surface area contributed by atoms with Crippen molar-refractivity contribution in [2.24, 2.45) is 0 Å². The van der Waals surface area contributed by atoms with Crippen LogP contribution in [0.5, 0.6) is 5.75 Å². The second kappa shape index (κ2) is 8.84. The van der Waals surface area contributed by atoms with Crippen molar-refractivity contribution < 1.29 is 14.3 Å². The normalized spacial score (nSPS) is 14.8. The summed E-state index contributed by atoms with van der Waals surface area (Å²) in [6.45, 7) is 6.98. The number of hydrogen-bond donors (Lipinski definition) is 1. The monoisotopic (exact) mass is 382 g/mol. The molecule has 148 valence electrons. The Morgan fingerprint density at radius 1 is 1.07 bits per heavy atom. The Kier molecular flexibility index (Phi) is 6.26. The molecule has 0 bridgehead atoms. The van der Waals surface area contributed by atoms with Crippen LogP contribution in [0.3, 0.4) is 0 Å². The van der Waals surface area contributed by atoms with Crippen LogP contribution in [-0.2, 0) is 0 Å². The molecule has 2 heterocycles. The molecule has 2 amide bonds. The van der Waals surface area contributed by atoms with Crippen LogP contribution in [-0.4, -0.2) is 65.9 Å². The fraction of sp³-hybridized carbons (Fsp3) is 0.381. The van der Waals surface area contributed by atoms with Crippen molar-refractivity contribution in [2.75, 3.05) is 38.5 Å². The van der Waals surface area contributed by atoms with Crippen molar-refractivity contribution in [1.29, 1.82) is 0 Å². The molecule has 28 heavy (non-hydrogen) atoms. The summed E-state index contributed by atoms with van der Waals surface area (Å²) in [6.07, 6.45) is 1.59. The summed E-state index contributed by atoms with van der Waals surface area (Å²) in [6, 6.07) is 10.3. The lowest BCUT2D eigenvalue weighted by molar-refractivity contribution is 0.0664. The zero-order valence-corrected chi connectivity index (χ0v) is 16.5. The number of hydrogen-bond acceptors (Lipinski definition) is 5. The van der Waals surface area contributed by atoms with Gasteiger partial charge in [0, 0.05) is 43.6 Å². The van der Waals surface area contributed by atoms with E-state index in [1.54, 1.807) is 36.4 Å². The van der Waals surface area contributed by atoms with Gasteiger partial charge in [0.2, 0.25) is 0 Å². The standard InChI is InChI=1S/C21H26N4O3/c1-15(2)28-18-6-4-17(5-7-18)23-20(26)19-14-16(8-9-22-19)21(27)25-12-10-24(3)11-13-25/h4-9,14-15H,10-13H2,1-3H3,(H,23,26). The van der Waals surface area contributed by atoms with E-state index < -0.39 is 0 Å². The van der Waals surface area contributed by atoms with Crippen LogP contribution < -0.4 is 10.1 Å². The summed E-state index contributed by atoms with van der Waals surface area (Å²) >= 11 is 0. The Morgan fingerprint density at radius 2 is 1.75 bits per heavy atom. The first kappa shape index (κ1) is 19.8. The molecule has 0 unspecified atom stereocenters. The smallest absolute Gasteiger partial charge is 0.274 e. The van der Waals surface area contributed by atoms with Gasteiger partial charge in [0.15, 0.2) is 0 Å². The number of amides is 2. The number of carbonyl (C=O) groups is 2. The predicted molar refractivity (Wildman–Crippen MR) is 108 cm³/mol. The second-order valence-corrected chi connectivity index (χ2v) is 7.17. The van der Waals surface area contributed by atoms with Gasteiger partial charge in [0.1, 0.15) is 11.4 Å². The molecule has 1 saturated heterocycles. The summed E-state index contributed by atoms with van der Waals surface area (Å²) in [7, 11) is 2.04. The van der Waals surface area contributed by atoms with Crippen molar-refractivity contribution in [1.82, 2.24) is 14.8 Å². The molecule has 1 aliphatic heterocycles. The summed E-state index contributed by atoms with van der Waals surface area (Å²) in [4.78, 5) is 33.3. The number of carbonyl (C=O) groups excluding carboxylic acids is 2. The van der Waals surface area contributed by atoms with E-state index in [-0.39, 0.29) is 23.6 Å². The van der Waals surface area contributed by atoms with E-state index in [0.29, 0.717) is 24.3 Å². The molecule has 3 rings (SSSR count). The molecule has 0 aliphatic carbocycles. The average molecular weight is 382 g/mol. The minimum atomic E-state index is -0.356. The number of nitrogens with one attached hydrogen (secondary N) is 1. The summed E-state index contributed by atoms with van der Waals surface area (Å²) < 4.78 is 5.59. The van der Waals surface area contributed by atoms with Crippen molar-refractivity contribution in [3.8, 4) is 5.75 Å². The molecular weight excluding hydrogens is 356 g/mol. The maximum Gasteiger partial charge on any atom is 0.274 e. The number of piperazine rings is 1. The molecule has 0 radical (unpaired) electrons. The van der Waals surface area contributed by atoms with Crippen LogP contribution in [0.4, 0.5) is 5.69 Å². The SMILES string of the molecule is CC(C)Oc1ccc(NC(=O)c2cc(C(=O)N3CCN(C)CC3)ccn2)cc1. The van der Waals surface area contributed by atoms with Crippen molar-refractivity contribution in [2.45, 2.75) is 20.0 Å². The topological polar surface area (TPSA) is 74.8 Å². The highest BCUT2D eigenvalue weighted by Gasteiger charge is 2.21. The van der Waals surface area contributed by atoms with Gasteiger partial charge in [-0.25, -0.2) is 0 Å². The van der Waals surface area contributed by atoms with E-state index in [4.69, 9.17) is 4.74 Å². The molecule has 7 nitrogen and oxygen atoms in total. The minimum absolute atomic E-state index is 0.0697. The molecule has 1 aromatic heterocycles. The first-order valence-electron chi connectivity index (χ1n) is 9.44. The number of nitrogens with zero attached hydrogens (tertiary/aromatic N) is 3. The number of likely N-dealkylation sites (N-methyl/N-ethyl adjacent to an activating group) is 1.